The maximum Gasteiger partial charge on any atom is 0.120 e. The lowest BCUT2D eigenvalue weighted by Crippen LogP contribution is -2.20. The van der Waals surface area contributed by atoms with Crippen molar-refractivity contribution in [2.24, 2.45) is 25.9 Å². The van der Waals surface area contributed by atoms with Crippen LogP contribution in [0.3, 0.4) is 0 Å². The molecule has 5 N–H and O–H groups in total. The molecule has 0 fully saturated rings. The van der Waals surface area contributed by atoms with Gasteiger partial charge in [0, 0.05) is 100 Å². The summed E-state index contributed by atoms with van der Waals surface area (Å²) in [5.41, 5.74) is 21.9. The van der Waals surface area contributed by atoms with Crippen LogP contribution in [0.4, 0.5) is 0 Å². The Morgan fingerprint density at radius 3 is 1.12 bits per heavy atom. The van der Waals surface area contributed by atoms with E-state index in [0.717, 1.165) is 150 Å². The van der Waals surface area contributed by atoms with Crippen LogP contribution < -0.4 is 18.9 Å². The molecule has 0 aliphatic carbocycles. The van der Waals surface area contributed by atoms with E-state index in [1.165, 1.54) is 66.3 Å². The molecule has 15 rings (SSSR count). The van der Waals surface area contributed by atoms with Gasteiger partial charge >= 0.3 is 0 Å². The average Bonchev–Trinajstić information content (AvgIpc) is 1.70. The normalized spacial score (nSPS) is 14.7. The van der Waals surface area contributed by atoms with Crippen LogP contribution in [0.1, 0.15) is 81.0 Å². The van der Waals surface area contributed by atoms with Gasteiger partial charge in [0.1, 0.15) is 23.0 Å². The topological polar surface area (TPSA) is 170 Å². The van der Waals surface area contributed by atoms with Crippen LogP contribution in [-0.2, 0) is 25.7 Å². The van der Waals surface area contributed by atoms with E-state index >= 15 is 0 Å². The average molecular weight is 1220 g/mol. The number of H-pyrrole nitrogens is 4. The second-order valence-electron chi connectivity index (χ2n) is 23.4. The van der Waals surface area contributed by atoms with Crippen LogP contribution in [0, 0.1) is 5.92 Å². The minimum atomic E-state index is -0.569. The third-order valence-corrected chi connectivity index (χ3v) is 17.7. The number of aromatic nitrogens is 4. The third-order valence-electron chi connectivity index (χ3n) is 17.7. The van der Waals surface area contributed by atoms with Gasteiger partial charge in [0.15, 0.2) is 0 Å². The molecule has 8 heterocycles. The smallest absolute Gasteiger partial charge is 0.120 e. The number of aliphatic imine (C=N–C) groups is 4. The van der Waals surface area contributed by atoms with E-state index in [9.17, 15) is 5.11 Å². The third kappa shape index (κ3) is 13.5. The second kappa shape index (κ2) is 28.1. The Balaban J connectivity index is 0.000000132. The van der Waals surface area contributed by atoms with Crippen molar-refractivity contribution in [3.05, 3.63) is 256 Å². The zero-order valence-corrected chi connectivity index (χ0v) is 52.5. The minimum absolute atomic E-state index is 0.228. The number of fused-ring (bicyclic) bond motifs is 12. The Morgan fingerprint density at radius 2 is 0.717 bits per heavy atom. The molecular formula is C79H76N8O5. The molecule has 92 heavy (non-hydrogen) atoms. The summed E-state index contributed by atoms with van der Waals surface area (Å²) in [6, 6.07) is 55.7. The molecule has 13 heteroatoms. The summed E-state index contributed by atoms with van der Waals surface area (Å²) in [4.78, 5) is 33.8. The number of hydrogen-bond acceptors (Lipinski definition) is 9. The molecule has 4 aliphatic rings. The summed E-state index contributed by atoms with van der Waals surface area (Å²) in [5, 5.41) is 15.4. The first-order valence-electron chi connectivity index (χ1n) is 31.7. The van der Waals surface area contributed by atoms with E-state index < -0.39 is 6.10 Å². The molecule has 0 saturated heterocycles. The van der Waals surface area contributed by atoms with Crippen molar-refractivity contribution < 1.29 is 24.1 Å². The van der Waals surface area contributed by atoms with Crippen LogP contribution >= 0.6 is 0 Å². The number of nitrogens with one attached hydrogen (secondary N) is 4. The van der Waals surface area contributed by atoms with Gasteiger partial charge in [0.05, 0.1) is 80.2 Å². The zero-order valence-electron chi connectivity index (χ0n) is 52.5. The van der Waals surface area contributed by atoms with Crippen molar-refractivity contribution in [3.8, 4) is 23.0 Å². The van der Waals surface area contributed by atoms with Crippen molar-refractivity contribution in [1.82, 2.24) is 19.9 Å². The predicted molar refractivity (Wildman–Crippen MR) is 379 cm³/mol. The quantitative estimate of drug-likeness (QED) is 0.0571. The number of benzene rings is 7. The summed E-state index contributed by atoms with van der Waals surface area (Å²) >= 11 is 0. The highest BCUT2D eigenvalue weighted by molar-refractivity contribution is 6.13. The number of rotatable bonds is 17. The van der Waals surface area contributed by atoms with E-state index in [4.69, 9.17) is 28.9 Å². The van der Waals surface area contributed by atoms with Crippen LogP contribution in [0.5, 0.6) is 23.0 Å². The van der Waals surface area contributed by atoms with Crippen LogP contribution in [0.15, 0.2) is 214 Å². The lowest BCUT2D eigenvalue weighted by Gasteiger charge is -2.21. The molecule has 1 atom stereocenters. The zero-order chi connectivity index (χ0) is 62.8. The van der Waals surface area contributed by atoms with Gasteiger partial charge in [-0.15, -0.1) is 0 Å². The highest BCUT2D eigenvalue weighted by Crippen LogP contribution is 2.36. The van der Waals surface area contributed by atoms with Crippen molar-refractivity contribution in [2.45, 2.75) is 51.0 Å². The molecule has 0 bridgehead atoms. The largest absolute Gasteiger partial charge is 0.497 e. The number of allylic oxidation sites excluding steroid dienone is 4. The van der Waals surface area contributed by atoms with Crippen LogP contribution in [0.25, 0.3) is 61.8 Å². The molecule has 7 aromatic carbocycles. The van der Waals surface area contributed by atoms with Gasteiger partial charge in [-0.05, 0) is 138 Å². The molecule has 0 saturated carbocycles. The van der Waals surface area contributed by atoms with E-state index in [1.807, 2.05) is 103 Å². The molecule has 4 aromatic heterocycles. The van der Waals surface area contributed by atoms with Gasteiger partial charge in [-0.3, -0.25) is 20.0 Å². The number of nitrogens with zero attached hydrogens (tertiary/aromatic N) is 4. The second-order valence-corrected chi connectivity index (χ2v) is 23.4. The Morgan fingerprint density at radius 1 is 0.380 bits per heavy atom. The molecule has 1 unspecified atom stereocenters. The predicted octanol–water partition coefficient (Wildman–Crippen LogP) is 15.9. The Hall–Kier alpha value is -10.5. The number of methoxy groups -OCH3 is 4. The van der Waals surface area contributed by atoms with E-state index in [0.29, 0.717) is 6.42 Å². The first-order chi connectivity index (χ1) is 45.3. The standard InChI is InChI=1S/C35H34N4O2.C22H22N2O2.C22H20N2O/c1-40-24-10-12-26-28-14-16-36-32(34(28)38-30(26)20-24)18-23(9-8-22-6-4-3-5-7-22)19-33-35-29(15-17-37-33)27-13-11-25(41-2)21-31(27)39-35;1-26-17-9-10-18-19-11-12-23-21(22(19)24-20(18)14-17)13-16(25)8-7-15-5-3-2-4-6-15;1-25-17-11-12-18-19-13-14-23-20(22(19)24-21(18)15-17)10-6-5-9-16-7-3-2-4-8-16/h3-13,20-21,23,38-39H,14-19H2,1-2H3;2-10,14,16,24-25H,11-13H2,1H3;2-12,15,24H,13-14H2,1H3/b9-8+;8-7+;9-5+,10-6+. The molecular weight excluding hydrogens is 1140 g/mol. The molecule has 0 amide bonds. The van der Waals surface area contributed by atoms with Gasteiger partial charge in [0.2, 0.25) is 0 Å². The van der Waals surface area contributed by atoms with Gasteiger partial charge < -0.3 is 44.0 Å². The van der Waals surface area contributed by atoms with E-state index in [-0.39, 0.29) is 5.92 Å². The van der Waals surface area contributed by atoms with Gasteiger partial charge in [-0.25, -0.2) is 0 Å². The number of hydrogen-bond donors (Lipinski definition) is 5. The molecule has 13 nitrogen and oxygen atoms in total. The van der Waals surface area contributed by atoms with Gasteiger partial charge in [-0.1, -0.05) is 134 Å². The summed E-state index contributed by atoms with van der Waals surface area (Å²) in [6.07, 6.45) is 22.0. The van der Waals surface area contributed by atoms with Gasteiger partial charge in [0.25, 0.3) is 0 Å². The minimum Gasteiger partial charge on any atom is -0.497 e. The fraction of sp³-hybridized carbons (Fsp3) is 0.215. The first-order valence-corrected chi connectivity index (χ1v) is 31.7. The number of aromatic amines is 4. The Bertz CT molecular complexity index is 4580. The number of ether oxygens (including phenoxy) is 4. The maximum atomic E-state index is 10.4. The highest BCUT2D eigenvalue weighted by Gasteiger charge is 2.27. The summed E-state index contributed by atoms with van der Waals surface area (Å²) in [6.45, 7) is 3.21. The monoisotopic (exact) mass is 1220 g/mol. The number of aliphatic hydroxyl groups excluding tert-OH is 1. The SMILES string of the molecule is COc1ccc2c3c([nH]c2c1)C(/C=C/C=C/c1ccccc1)=NCC3.COc1ccc2c3c([nH]c2c1)C(CC(/C=C/c1ccccc1)CC1=NCCc2c1[nH]c1cc(OC)ccc21)=NCC3.COc1ccc2c3c([nH]c2c1)C(CC(O)/C=C/c1ccccc1)=NCC3. The molecule has 11 aromatic rings. The van der Waals surface area contributed by atoms with Crippen molar-refractivity contribution in [2.75, 3.05) is 54.6 Å². The summed E-state index contributed by atoms with van der Waals surface area (Å²) in [7, 11) is 6.79. The van der Waals surface area contributed by atoms with Crippen molar-refractivity contribution in [3.63, 3.8) is 0 Å². The highest BCUT2D eigenvalue weighted by atomic mass is 16.5. The van der Waals surface area contributed by atoms with E-state index in [2.05, 4.69) is 139 Å². The van der Waals surface area contributed by atoms with Crippen molar-refractivity contribution >= 4 is 84.7 Å². The van der Waals surface area contributed by atoms with Crippen molar-refractivity contribution in [1.29, 1.82) is 0 Å². The molecule has 0 radical (unpaired) electrons. The van der Waals surface area contributed by atoms with E-state index in [1.54, 1.807) is 28.4 Å². The molecule has 0 spiro atoms. The van der Waals surface area contributed by atoms with Crippen LogP contribution in [-0.4, -0.2) is 109 Å². The van der Waals surface area contributed by atoms with Gasteiger partial charge in [-0.2, -0.15) is 0 Å². The fourth-order valence-corrected chi connectivity index (χ4v) is 13.0. The van der Waals surface area contributed by atoms with Crippen LogP contribution in [0.2, 0.25) is 0 Å². The fourth-order valence-electron chi connectivity index (χ4n) is 13.0. The summed E-state index contributed by atoms with van der Waals surface area (Å²) < 4.78 is 21.6. The summed E-state index contributed by atoms with van der Waals surface area (Å²) in [5.74, 6) is 3.65. The lowest BCUT2D eigenvalue weighted by molar-refractivity contribution is 0.232. The molecule has 462 valence electrons. The number of aliphatic hydroxyl groups is 1. The lowest BCUT2D eigenvalue weighted by atomic mass is 9.88. The maximum absolute atomic E-state index is 10.4. The first kappa shape index (κ1) is 60.4. The Kier molecular flexibility index (Phi) is 18.5. The Labute approximate surface area is 536 Å². The molecule has 4 aliphatic heterocycles.